The van der Waals surface area contributed by atoms with Gasteiger partial charge in [-0.25, -0.2) is 4.57 Å². The minimum absolute atomic E-state index is 1.29. The van der Waals surface area contributed by atoms with E-state index in [1.54, 1.807) is 11.8 Å². The molecule has 2 heteroatoms. The molecule has 0 unspecified atom stereocenters. The summed E-state index contributed by atoms with van der Waals surface area (Å²) in [4.78, 5) is 0. The van der Waals surface area contributed by atoms with E-state index in [2.05, 4.69) is 43.1 Å². The molecule has 0 saturated heterocycles. The maximum absolute atomic E-state index is 2.16. The molecular weight excluding hydrogens is 166 g/mol. The second-order valence-electron chi connectivity index (χ2n) is 2.79. The zero-order chi connectivity index (χ0) is 8.97. The van der Waals surface area contributed by atoms with E-state index >= 15 is 0 Å². The second-order valence-corrected chi connectivity index (χ2v) is 3.50. The summed E-state index contributed by atoms with van der Waals surface area (Å²) in [6.07, 6.45) is 6.20. The third-order valence-electron chi connectivity index (χ3n) is 1.73. The molecule has 12 heavy (non-hydrogen) atoms. The Bertz CT molecular complexity index is 274. The fourth-order valence-corrected chi connectivity index (χ4v) is 1.50. The molecule has 0 fully saturated rings. The van der Waals surface area contributed by atoms with Crippen LogP contribution in [0, 0.1) is 0 Å². The van der Waals surface area contributed by atoms with Gasteiger partial charge in [0, 0.05) is 12.1 Å². The molecule has 0 N–H and O–H groups in total. The predicted octanol–water partition coefficient (Wildman–Crippen LogP) is 2.23. The fraction of sp³-hybridized carbons (Fsp3) is 0.300. The number of aromatic nitrogens is 1. The number of thioether (sulfide) groups is 1. The standard InChI is InChI=1S/C10H14NS/c1-9(8-12-3)10-4-6-11(2)7-5-10/h4-8H,1-3H3/q+1. The maximum atomic E-state index is 2.16. The van der Waals surface area contributed by atoms with Crippen LogP contribution >= 0.6 is 11.8 Å². The summed E-state index contributed by atoms with van der Waals surface area (Å²) < 4.78 is 2.04. The van der Waals surface area contributed by atoms with Crippen LogP contribution in [0.15, 0.2) is 29.9 Å². The number of pyridine rings is 1. The Balaban J connectivity index is 2.89. The highest BCUT2D eigenvalue weighted by molar-refractivity contribution is 8.01. The van der Waals surface area contributed by atoms with Crippen LogP contribution in [0.5, 0.6) is 0 Å². The molecule has 0 aliphatic rings. The second kappa shape index (κ2) is 4.31. The average molecular weight is 180 g/mol. The molecule has 1 rings (SSSR count). The van der Waals surface area contributed by atoms with Crippen molar-refractivity contribution in [2.24, 2.45) is 7.05 Å². The molecular formula is C10H14NS+. The Morgan fingerprint density at radius 2 is 2.00 bits per heavy atom. The number of rotatable bonds is 2. The quantitative estimate of drug-likeness (QED) is 0.631. The molecule has 0 atom stereocenters. The van der Waals surface area contributed by atoms with Gasteiger partial charge in [-0.15, -0.1) is 11.8 Å². The number of aryl methyl sites for hydroxylation is 1. The van der Waals surface area contributed by atoms with Gasteiger partial charge in [-0.2, -0.15) is 0 Å². The number of nitrogens with zero attached hydrogens (tertiary/aromatic N) is 1. The van der Waals surface area contributed by atoms with Crippen LogP contribution in [-0.4, -0.2) is 6.26 Å². The van der Waals surface area contributed by atoms with Crippen molar-refractivity contribution in [3.63, 3.8) is 0 Å². The highest BCUT2D eigenvalue weighted by Gasteiger charge is 1.96. The van der Waals surface area contributed by atoms with Gasteiger partial charge in [0.05, 0.1) is 0 Å². The lowest BCUT2D eigenvalue weighted by atomic mass is 10.1. The van der Waals surface area contributed by atoms with Crippen molar-refractivity contribution < 1.29 is 4.57 Å². The third kappa shape index (κ3) is 2.38. The molecule has 0 radical (unpaired) electrons. The molecule has 0 aromatic carbocycles. The topological polar surface area (TPSA) is 3.88 Å². The fourth-order valence-electron chi connectivity index (χ4n) is 1.01. The largest absolute Gasteiger partial charge is 0.208 e. The van der Waals surface area contributed by atoms with Crippen LogP contribution in [0.3, 0.4) is 0 Å². The van der Waals surface area contributed by atoms with Crippen LogP contribution in [0.25, 0.3) is 5.57 Å². The van der Waals surface area contributed by atoms with Gasteiger partial charge >= 0.3 is 0 Å². The molecule has 0 saturated carbocycles. The lowest BCUT2D eigenvalue weighted by Gasteiger charge is -1.97. The lowest BCUT2D eigenvalue weighted by Crippen LogP contribution is -2.25. The number of hydrogen-bond donors (Lipinski definition) is 0. The van der Waals surface area contributed by atoms with E-state index in [1.165, 1.54) is 11.1 Å². The zero-order valence-electron chi connectivity index (χ0n) is 7.74. The highest BCUT2D eigenvalue weighted by Crippen LogP contribution is 2.14. The molecule has 1 aromatic heterocycles. The van der Waals surface area contributed by atoms with E-state index in [4.69, 9.17) is 0 Å². The van der Waals surface area contributed by atoms with Crippen LogP contribution in [0.1, 0.15) is 12.5 Å². The van der Waals surface area contributed by atoms with Crippen molar-refractivity contribution in [3.05, 3.63) is 35.5 Å². The Morgan fingerprint density at radius 3 is 2.50 bits per heavy atom. The van der Waals surface area contributed by atoms with Gasteiger partial charge in [0.1, 0.15) is 7.05 Å². The van der Waals surface area contributed by atoms with Crippen LogP contribution in [0.2, 0.25) is 0 Å². The van der Waals surface area contributed by atoms with E-state index in [-0.39, 0.29) is 0 Å². The van der Waals surface area contributed by atoms with Gasteiger partial charge in [0.15, 0.2) is 12.4 Å². The van der Waals surface area contributed by atoms with Crippen molar-refractivity contribution in [2.75, 3.05) is 6.26 Å². The van der Waals surface area contributed by atoms with Gasteiger partial charge in [-0.3, -0.25) is 0 Å². The van der Waals surface area contributed by atoms with Crippen LogP contribution < -0.4 is 4.57 Å². The summed E-state index contributed by atoms with van der Waals surface area (Å²) >= 11 is 1.74. The van der Waals surface area contributed by atoms with Gasteiger partial charge in [0.2, 0.25) is 0 Å². The first kappa shape index (κ1) is 9.33. The summed E-state index contributed by atoms with van der Waals surface area (Å²) in [5.41, 5.74) is 2.62. The summed E-state index contributed by atoms with van der Waals surface area (Å²) in [6.45, 7) is 2.13. The Hall–Kier alpha value is -0.760. The first-order valence-electron chi connectivity index (χ1n) is 3.89. The van der Waals surface area contributed by atoms with E-state index in [0.717, 1.165) is 0 Å². The van der Waals surface area contributed by atoms with E-state index in [1.807, 2.05) is 11.6 Å². The van der Waals surface area contributed by atoms with Crippen molar-refractivity contribution in [1.82, 2.24) is 0 Å². The predicted molar refractivity (Wildman–Crippen MR) is 54.8 cm³/mol. The Kier molecular flexibility index (Phi) is 3.35. The van der Waals surface area contributed by atoms with E-state index in [9.17, 15) is 0 Å². The summed E-state index contributed by atoms with van der Waals surface area (Å²) in [5, 5.41) is 2.16. The van der Waals surface area contributed by atoms with Crippen LogP contribution in [-0.2, 0) is 7.05 Å². The van der Waals surface area contributed by atoms with Gasteiger partial charge in [0.25, 0.3) is 0 Å². The van der Waals surface area contributed by atoms with Crippen molar-refractivity contribution in [3.8, 4) is 0 Å². The van der Waals surface area contributed by atoms with Crippen molar-refractivity contribution >= 4 is 17.3 Å². The van der Waals surface area contributed by atoms with E-state index in [0.29, 0.717) is 0 Å². The Labute approximate surface area is 78.1 Å². The minimum Gasteiger partial charge on any atom is -0.208 e. The molecule has 0 bridgehead atoms. The monoisotopic (exact) mass is 180 g/mol. The number of allylic oxidation sites excluding steroid dienone is 1. The smallest absolute Gasteiger partial charge is 0.169 e. The Morgan fingerprint density at radius 1 is 1.42 bits per heavy atom. The molecule has 64 valence electrons. The SMILES string of the molecule is CSC=C(C)c1cc[n+](C)cc1. The third-order valence-corrected chi connectivity index (χ3v) is 2.32. The maximum Gasteiger partial charge on any atom is 0.169 e. The molecule has 1 heterocycles. The molecule has 1 nitrogen and oxygen atoms in total. The average Bonchev–Trinajstić information content (AvgIpc) is 2.06. The normalized spacial score (nSPS) is 11.8. The summed E-state index contributed by atoms with van der Waals surface area (Å²) in [7, 11) is 2.03. The molecule has 0 spiro atoms. The van der Waals surface area contributed by atoms with Gasteiger partial charge < -0.3 is 0 Å². The first-order chi connectivity index (χ1) is 5.74. The minimum atomic E-state index is 1.29. The molecule has 0 aliphatic carbocycles. The lowest BCUT2D eigenvalue weighted by molar-refractivity contribution is -0.671. The van der Waals surface area contributed by atoms with Crippen LogP contribution in [0.4, 0.5) is 0 Å². The molecule has 0 aliphatic heterocycles. The van der Waals surface area contributed by atoms with Crippen molar-refractivity contribution in [1.29, 1.82) is 0 Å². The highest BCUT2D eigenvalue weighted by atomic mass is 32.2. The molecule has 0 amide bonds. The number of hydrogen-bond acceptors (Lipinski definition) is 1. The van der Waals surface area contributed by atoms with E-state index < -0.39 is 0 Å². The van der Waals surface area contributed by atoms with Crippen molar-refractivity contribution in [2.45, 2.75) is 6.92 Å². The van der Waals surface area contributed by atoms with Gasteiger partial charge in [-0.1, -0.05) is 0 Å². The first-order valence-corrected chi connectivity index (χ1v) is 5.18. The summed E-state index contributed by atoms with van der Waals surface area (Å²) in [5.74, 6) is 0. The zero-order valence-corrected chi connectivity index (χ0v) is 8.56. The molecule has 1 aromatic rings. The summed E-state index contributed by atoms with van der Waals surface area (Å²) in [6, 6.07) is 4.25. The van der Waals surface area contributed by atoms with Gasteiger partial charge in [-0.05, 0) is 29.7 Å².